The van der Waals surface area contributed by atoms with Gasteiger partial charge in [0.25, 0.3) is 0 Å². The summed E-state index contributed by atoms with van der Waals surface area (Å²) in [6.45, 7) is 15.8. The Balaban J connectivity index is 2.19. The molecule has 4 nitrogen and oxygen atoms in total. The number of hydrogen-bond acceptors (Lipinski definition) is 4. The van der Waals surface area contributed by atoms with E-state index in [2.05, 4.69) is 63.5 Å². The van der Waals surface area contributed by atoms with Gasteiger partial charge in [-0.15, -0.1) is 0 Å². The molecule has 2 aromatic rings. The molecule has 1 fully saturated rings. The van der Waals surface area contributed by atoms with Crippen molar-refractivity contribution >= 4 is 32.6 Å². The summed E-state index contributed by atoms with van der Waals surface area (Å²) in [5.74, 6) is -0.303. The standard InChI is InChI=1S/C24H35NO3Si2/c1-27-23(26)18-8-10-19(11-9-18)24(12-14-28-15-13-24)21-16-20(29(2,3)4)17-22(25-21)30(5,6)7/h8-11,16-17H,12-15H2,1-7H3. The molecule has 0 unspecified atom stereocenters. The molecule has 0 spiro atoms. The van der Waals surface area contributed by atoms with Gasteiger partial charge in [-0.25, -0.2) is 4.79 Å². The Morgan fingerprint density at radius 2 is 1.57 bits per heavy atom. The van der Waals surface area contributed by atoms with Crippen LogP contribution in [0, 0.1) is 0 Å². The van der Waals surface area contributed by atoms with Crippen LogP contribution in [0.15, 0.2) is 36.4 Å². The fourth-order valence-electron chi connectivity index (χ4n) is 4.05. The molecule has 0 N–H and O–H groups in total. The van der Waals surface area contributed by atoms with Crippen LogP contribution in [0.1, 0.15) is 34.5 Å². The molecule has 6 heteroatoms. The summed E-state index contributed by atoms with van der Waals surface area (Å²) in [6, 6.07) is 12.7. The van der Waals surface area contributed by atoms with Gasteiger partial charge in [0.15, 0.2) is 0 Å². The zero-order valence-corrected chi connectivity index (χ0v) is 21.5. The quantitative estimate of drug-likeness (QED) is 0.519. The Kier molecular flexibility index (Phi) is 6.42. The normalized spacial score (nSPS) is 16.9. The second kappa shape index (κ2) is 8.40. The number of carbonyl (C=O) groups is 1. The molecular weight excluding hydrogens is 406 g/mol. The number of benzene rings is 1. The third-order valence-corrected chi connectivity index (χ3v) is 9.97. The van der Waals surface area contributed by atoms with Gasteiger partial charge in [-0.05, 0) is 42.7 Å². The van der Waals surface area contributed by atoms with Crippen molar-refractivity contribution in [3.8, 4) is 0 Å². The highest BCUT2D eigenvalue weighted by molar-refractivity contribution is 6.91. The molecule has 162 valence electrons. The summed E-state index contributed by atoms with van der Waals surface area (Å²) in [5.41, 5.74) is 2.78. The highest BCUT2D eigenvalue weighted by Crippen LogP contribution is 2.40. The number of ether oxygens (including phenoxy) is 2. The SMILES string of the molecule is COC(=O)c1ccc(C2(c3cc([Si](C)(C)C)cc([Si](C)(C)C)n3)CCOCC2)cc1. The van der Waals surface area contributed by atoms with E-state index in [0.717, 1.165) is 26.1 Å². The van der Waals surface area contributed by atoms with E-state index in [9.17, 15) is 4.79 Å². The molecule has 1 saturated heterocycles. The first kappa shape index (κ1) is 22.9. The van der Waals surface area contributed by atoms with Gasteiger partial charge in [-0.1, -0.05) is 56.6 Å². The summed E-state index contributed by atoms with van der Waals surface area (Å²) in [7, 11) is -1.68. The first-order chi connectivity index (χ1) is 14.0. The minimum absolute atomic E-state index is 0.184. The van der Waals surface area contributed by atoms with E-state index in [-0.39, 0.29) is 11.4 Å². The topological polar surface area (TPSA) is 48.4 Å². The molecule has 0 amide bonds. The lowest BCUT2D eigenvalue weighted by Gasteiger charge is -2.39. The lowest BCUT2D eigenvalue weighted by molar-refractivity contribution is 0.0596. The number of hydrogen-bond donors (Lipinski definition) is 0. The Morgan fingerprint density at radius 1 is 0.967 bits per heavy atom. The minimum atomic E-state index is -1.58. The molecule has 1 aromatic carbocycles. The van der Waals surface area contributed by atoms with Crippen molar-refractivity contribution in [1.29, 1.82) is 0 Å². The highest BCUT2D eigenvalue weighted by Gasteiger charge is 2.39. The van der Waals surface area contributed by atoms with Crippen molar-refractivity contribution in [2.24, 2.45) is 0 Å². The Labute approximate surface area is 183 Å². The summed E-state index contributed by atoms with van der Waals surface area (Å²) in [5, 5.41) is 2.76. The van der Waals surface area contributed by atoms with Crippen LogP contribution in [0.4, 0.5) is 0 Å². The van der Waals surface area contributed by atoms with Crippen LogP contribution < -0.4 is 10.5 Å². The largest absolute Gasteiger partial charge is 0.465 e. The minimum Gasteiger partial charge on any atom is -0.465 e. The molecule has 0 aliphatic carbocycles. The average Bonchev–Trinajstić information content (AvgIpc) is 2.72. The zero-order valence-electron chi connectivity index (χ0n) is 19.5. The maximum atomic E-state index is 11.9. The Bertz CT molecular complexity index is 873. The molecule has 1 aliphatic heterocycles. The third-order valence-electron chi connectivity index (χ3n) is 6.16. The van der Waals surface area contributed by atoms with E-state index < -0.39 is 16.1 Å². The predicted octanol–water partition coefficient (Wildman–Crippen LogP) is 4.06. The first-order valence-corrected chi connectivity index (χ1v) is 17.8. The van der Waals surface area contributed by atoms with Gasteiger partial charge in [0.05, 0.1) is 26.4 Å². The molecule has 30 heavy (non-hydrogen) atoms. The maximum Gasteiger partial charge on any atom is 0.337 e. The maximum absolute atomic E-state index is 11.9. The second-order valence-corrected chi connectivity index (χ2v) is 20.5. The molecule has 1 aliphatic rings. The van der Waals surface area contributed by atoms with E-state index in [1.165, 1.54) is 28.9 Å². The fourth-order valence-corrected chi connectivity index (χ4v) is 6.38. The third kappa shape index (κ3) is 4.60. The van der Waals surface area contributed by atoms with Gasteiger partial charge in [-0.3, -0.25) is 4.98 Å². The van der Waals surface area contributed by atoms with Crippen molar-refractivity contribution in [3.63, 3.8) is 0 Å². The van der Waals surface area contributed by atoms with Crippen molar-refractivity contribution in [2.45, 2.75) is 57.5 Å². The van der Waals surface area contributed by atoms with E-state index in [1.807, 2.05) is 12.1 Å². The number of nitrogens with zero attached hydrogens (tertiary/aromatic N) is 1. The zero-order chi connectivity index (χ0) is 22.2. The van der Waals surface area contributed by atoms with Crippen molar-refractivity contribution in [3.05, 3.63) is 53.2 Å². The van der Waals surface area contributed by atoms with Crippen LogP contribution in [-0.4, -0.2) is 47.4 Å². The van der Waals surface area contributed by atoms with Crippen molar-refractivity contribution in [1.82, 2.24) is 4.98 Å². The fraction of sp³-hybridized carbons (Fsp3) is 0.500. The molecule has 1 aromatic heterocycles. The van der Waals surface area contributed by atoms with Crippen LogP contribution in [0.2, 0.25) is 39.3 Å². The molecule has 0 saturated carbocycles. The number of carbonyl (C=O) groups excluding carboxylic acids is 1. The van der Waals surface area contributed by atoms with Crippen molar-refractivity contribution in [2.75, 3.05) is 20.3 Å². The lowest BCUT2D eigenvalue weighted by Crippen LogP contribution is -2.49. The van der Waals surface area contributed by atoms with E-state index in [1.54, 1.807) is 0 Å². The molecular formula is C24H35NO3Si2. The van der Waals surface area contributed by atoms with E-state index in [4.69, 9.17) is 14.5 Å². The van der Waals surface area contributed by atoms with Gasteiger partial charge in [0.2, 0.25) is 0 Å². The summed E-state index contributed by atoms with van der Waals surface area (Å²) in [6.07, 6.45) is 1.80. The van der Waals surface area contributed by atoms with Crippen LogP contribution in [-0.2, 0) is 14.9 Å². The summed E-state index contributed by atoms with van der Waals surface area (Å²) >= 11 is 0. The van der Waals surface area contributed by atoms with Crippen LogP contribution in [0.25, 0.3) is 0 Å². The number of pyridine rings is 1. The smallest absolute Gasteiger partial charge is 0.337 e. The van der Waals surface area contributed by atoms with Gasteiger partial charge in [0.1, 0.15) is 8.07 Å². The molecule has 2 heterocycles. The summed E-state index contributed by atoms with van der Waals surface area (Å²) < 4.78 is 10.6. The number of aromatic nitrogens is 1. The van der Waals surface area contributed by atoms with Gasteiger partial charge in [0, 0.05) is 23.9 Å². The van der Waals surface area contributed by atoms with Crippen molar-refractivity contribution < 1.29 is 14.3 Å². The monoisotopic (exact) mass is 441 g/mol. The highest BCUT2D eigenvalue weighted by atomic mass is 28.3. The van der Waals surface area contributed by atoms with Crippen LogP contribution in [0.3, 0.4) is 0 Å². The summed E-state index contributed by atoms with van der Waals surface area (Å²) in [4.78, 5) is 17.2. The number of esters is 1. The van der Waals surface area contributed by atoms with Gasteiger partial charge < -0.3 is 9.47 Å². The van der Waals surface area contributed by atoms with Gasteiger partial charge in [-0.2, -0.15) is 0 Å². The molecule has 3 rings (SSSR count). The van der Waals surface area contributed by atoms with E-state index in [0.29, 0.717) is 5.56 Å². The van der Waals surface area contributed by atoms with E-state index >= 15 is 0 Å². The Hall–Kier alpha value is -1.77. The lowest BCUT2D eigenvalue weighted by atomic mass is 9.71. The van der Waals surface area contributed by atoms with Crippen LogP contribution >= 0.6 is 0 Å². The molecule has 0 radical (unpaired) electrons. The number of rotatable bonds is 5. The Morgan fingerprint density at radius 3 is 2.07 bits per heavy atom. The molecule has 0 atom stereocenters. The first-order valence-electron chi connectivity index (χ1n) is 10.8. The number of methoxy groups -OCH3 is 1. The average molecular weight is 442 g/mol. The van der Waals surface area contributed by atoms with Gasteiger partial charge >= 0.3 is 5.97 Å². The predicted molar refractivity (Wildman–Crippen MR) is 129 cm³/mol. The van der Waals surface area contributed by atoms with Crippen LogP contribution in [0.5, 0.6) is 0 Å². The second-order valence-electron chi connectivity index (χ2n) is 10.4. The molecule has 0 bridgehead atoms.